The Labute approximate surface area is 116 Å². The Morgan fingerprint density at radius 1 is 1.47 bits per heavy atom. The van der Waals surface area contributed by atoms with Gasteiger partial charge in [-0.2, -0.15) is 10.4 Å². The second-order valence-electron chi connectivity index (χ2n) is 5.31. The zero-order valence-electron chi connectivity index (χ0n) is 12.5. The molecule has 0 saturated heterocycles. The standard InChI is InChI=1S/C14H25N5/c1-5-7-12-13(16)14(18(4)17-12)19(9-6-8-15)10-11(2)3/h11H,5-7,9-10,16H2,1-4H3. The normalized spacial score (nSPS) is 10.7. The molecule has 0 aliphatic heterocycles. The highest BCUT2D eigenvalue weighted by molar-refractivity contribution is 5.66. The first kappa shape index (κ1) is 15.4. The van der Waals surface area contributed by atoms with E-state index in [0.717, 1.165) is 36.6 Å². The molecule has 0 atom stereocenters. The molecule has 0 spiro atoms. The summed E-state index contributed by atoms with van der Waals surface area (Å²) in [7, 11) is 1.92. The summed E-state index contributed by atoms with van der Waals surface area (Å²) >= 11 is 0. The molecule has 0 bridgehead atoms. The van der Waals surface area contributed by atoms with Gasteiger partial charge >= 0.3 is 0 Å². The molecule has 19 heavy (non-hydrogen) atoms. The predicted octanol–water partition coefficient (Wildman–Crippen LogP) is 2.33. The summed E-state index contributed by atoms with van der Waals surface area (Å²) < 4.78 is 1.85. The van der Waals surface area contributed by atoms with Gasteiger partial charge in [-0.05, 0) is 12.3 Å². The van der Waals surface area contributed by atoms with E-state index in [1.54, 1.807) is 0 Å². The van der Waals surface area contributed by atoms with Crippen LogP contribution in [0.5, 0.6) is 0 Å². The molecule has 1 aromatic rings. The third-order valence-electron chi connectivity index (χ3n) is 2.99. The van der Waals surface area contributed by atoms with Crippen LogP contribution < -0.4 is 10.6 Å². The van der Waals surface area contributed by atoms with E-state index >= 15 is 0 Å². The van der Waals surface area contributed by atoms with Crippen molar-refractivity contribution in [3.63, 3.8) is 0 Å². The maximum absolute atomic E-state index is 8.79. The van der Waals surface area contributed by atoms with E-state index in [9.17, 15) is 0 Å². The van der Waals surface area contributed by atoms with Crippen LogP contribution in [0.3, 0.4) is 0 Å². The Balaban J connectivity index is 3.03. The molecule has 1 heterocycles. The highest BCUT2D eigenvalue weighted by Gasteiger charge is 2.19. The lowest BCUT2D eigenvalue weighted by atomic mass is 10.2. The van der Waals surface area contributed by atoms with Crippen LogP contribution in [0.25, 0.3) is 0 Å². The third kappa shape index (κ3) is 3.88. The smallest absolute Gasteiger partial charge is 0.150 e. The first-order chi connectivity index (χ1) is 9.01. The van der Waals surface area contributed by atoms with Crippen molar-refractivity contribution in [2.24, 2.45) is 13.0 Å². The molecule has 0 amide bonds. The number of hydrogen-bond acceptors (Lipinski definition) is 4. The summed E-state index contributed by atoms with van der Waals surface area (Å²) in [6.07, 6.45) is 2.43. The number of aromatic nitrogens is 2. The van der Waals surface area contributed by atoms with Gasteiger partial charge in [0.2, 0.25) is 0 Å². The zero-order valence-corrected chi connectivity index (χ0v) is 12.5. The van der Waals surface area contributed by atoms with Gasteiger partial charge in [0.15, 0.2) is 0 Å². The molecule has 106 valence electrons. The molecule has 5 nitrogen and oxygen atoms in total. The Morgan fingerprint density at radius 3 is 2.68 bits per heavy atom. The molecule has 2 N–H and O–H groups in total. The van der Waals surface area contributed by atoms with Gasteiger partial charge in [0.1, 0.15) is 5.82 Å². The third-order valence-corrected chi connectivity index (χ3v) is 2.99. The Hall–Kier alpha value is -1.70. The lowest BCUT2D eigenvalue weighted by molar-refractivity contribution is 0.593. The lowest BCUT2D eigenvalue weighted by Gasteiger charge is -2.26. The second-order valence-corrected chi connectivity index (χ2v) is 5.31. The molecular weight excluding hydrogens is 238 g/mol. The number of anilines is 2. The van der Waals surface area contributed by atoms with Crippen molar-refractivity contribution in [1.82, 2.24) is 9.78 Å². The van der Waals surface area contributed by atoms with E-state index in [2.05, 4.69) is 36.8 Å². The van der Waals surface area contributed by atoms with Crippen molar-refractivity contribution < 1.29 is 0 Å². The van der Waals surface area contributed by atoms with Crippen LogP contribution in [0, 0.1) is 17.2 Å². The molecule has 0 radical (unpaired) electrons. The van der Waals surface area contributed by atoms with Crippen molar-refractivity contribution in [3.05, 3.63) is 5.69 Å². The SMILES string of the molecule is CCCc1nn(C)c(N(CCC#N)CC(C)C)c1N. The molecule has 0 unspecified atom stereocenters. The minimum absolute atomic E-state index is 0.500. The first-order valence-corrected chi connectivity index (χ1v) is 6.94. The van der Waals surface area contributed by atoms with Crippen LogP contribution in [0.2, 0.25) is 0 Å². The van der Waals surface area contributed by atoms with Crippen LogP contribution in [0.4, 0.5) is 11.5 Å². The van der Waals surface area contributed by atoms with Crippen molar-refractivity contribution in [1.29, 1.82) is 5.26 Å². The molecular formula is C14H25N5. The van der Waals surface area contributed by atoms with Crippen LogP contribution in [-0.2, 0) is 13.5 Å². The molecule has 0 saturated carbocycles. The number of nitriles is 1. The maximum Gasteiger partial charge on any atom is 0.150 e. The minimum atomic E-state index is 0.500. The number of hydrogen-bond donors (Lipinski definition) is 1. The molecule has 0 aromatic carbocycles. The predicted molar refractivity (Wildman–Crippen MR) is 78.9 cm³/mol. The number of nitrogen functional groups attached to an aromatic ring is 1. The Kier molecular flexibility index (Phi) is 5.68. The van der Waals surface area contributed by atoms with Gasteiger partial charge < -0.3 is 10.6 Å². The van der Waals surface area contributed by atoms with Crippen LogP contribution in [0.15, 0.2) is 0 Å². The molecule has 0 aliphatic rings. The van der Waals surface area contributed by atoms with Gasteiger partial charge in [-0.15, -0.1) is 0 Å². The fourth-order valence-electron chi connectivity index (χ4n) is 2.29. The average Bonchev–Trinajstić information content (AvgIpc) is 2.60. The van der Waals surface area contributed by atoms with Crippen LogP contribution in [0.1, 0.15) is 39.3 Å². The molecule has 1 rings (SSSR count). The highest BCUT2D eigenvalue weighted by Crippen LogP contribution is 2.27. The summed E-state index contributed by atoms with van der Waals surface area (Å²) in [5.74, 6) is 1.47. The highest BCUT2D eigenvalue weighted by atomic mass is 15.4. The van der Waals surface area contributed by atoms with E-state index in [0.29, 0.717) is 18.9 Å². The van der Waals surface area contributed by atoms with E-state index in [-0.39, 0.29) is 0 Å². The van der Waals surface area contributed by atoms with Crippen molar-refractivity contribution in [2.45, 2.75) is 40.0 Å². The topological polar surface area (TPSA) is 70.9 Å². The minimum Gasteiger partial charge on any atom is -0.394 e. The van der Waals surface area contributed by atoms with E-state index in [4.69, 9.17) is 11.0 Å². The maximum atomic E-state index is 8.79. The summed E-state index contributed by atoms with van der Waals surface area (Å²) in [4.78, 5) is 2.18. The Morgan fingerprint density at radius 2 is 2.16 bits per heavy atom. The van der Waals surface area contributed by atoms with Gasteiger partial charge in [-0.3, -0.25) is 4.68 Å². The fourth-order valence-corrected chi connectivity index (χ4v) is 2.29. The summed E-state index contributed by atoms with van der Waals surface area (Å²) in [5.41, 5.74) is 7.96. The quantitative estimate of drug-likeness (QED) is 0.819. The molecule has 0 aliphatic carbocycles. The van der Waals surface area contributed by atoms with Gasteiger partial charge in [0.05, 0.1) is 23.9 Å². The van der Waals surface area contributed by atoms with Gasteiger partial charge in [0, 0.05) is 20.1 Å². The average molecular weight is 263 g/mol. The fraction of sp³-hybridized carbons (Fsp3) is 0.714. The van der Waals surface area contributed by atoms with E-state index < -0.39 is 0 Å². The largest absolute Gasteiger partial charge is 0.394 e. The van der Waals surface area contributed by atoms with Crippen molar-refractivity contribution in [2.75, 3.05) is 23.7 Å². The van der Waals surface area contributed by atoms with Crippen LogP contribution >= 0.6 is 0 Å². The summed E-state index contributed by atoms with van der Waals surface area (Å²) in [5, 5.41) is 13.3. The van der Waals surface area contributed by atoms with Crippen LogP contribution in [-0.4, -0.2) is 22.9 Å². The molecule has 1 aromatic heterocycles. The van der Waals surface area contributed by atoms with E-state index in [1.807, 2.05) is 11.7 Å². The number of rotatable bonds is 7. The second kappa shape index (κ2) is 7.03. The van der Waals surface area contributed by atoms with Gasteiger partial charge in [0.25, 0.3) is 0 Å². The number of nitrogens with two attached hydrogens (primary N) is 1. The van der Waals surface area contributed by atoms with Crippen molar-refractivity contribution >= 4 is 11.5 Å². The zero-order chi connectivity index (χ0) is 14.4. The molecule has 0 fully saturated rings. The van der Waals surface area contributed by atoms with Gasteiger partial charge in [-0.1, -0.05) is 27.2 Å². The number of nitrogens with zero attached hydrogens (tertiary/aromatic N) is 4. The van der Waals surface area contributed by atoms with Crippen molar-refractivity contribution in [3.8, 4) is 6.07 Å². The van der Waals surface area contributed by atoms with E-state index in [1.165, 1.54) is 0 Å². The monoisotopic (exact) mass is 263 g/mol. The Bertz CT molecular complexity index is 441. The van der Waals surface area contributed by atoms with Gasteiger partial charge in [-0.25, -0.2) is 0 Å². The number of aryl methyl sites for hydroxylation is 2. The summed E-state index contributed by atoms with van der Waals surface area (Å²) in [6, 6.07) is 2.20. The lowest BCUT2D eigenvalue weighted by Crippen LogP contribution is -2.31. The first-order valence-electron chi connectivity index (χ1n) is 6.94. The molecule has 5 heteroatoms. The summed E-state index contributed by atoms with van der Waals surface area (Å²) in [6.45, 7) is 8.04.